The van der Waals surface area contributed by atoms with Gasteiger partial charge in [-0.05, 0) is 25.7 Å². The zero-order chi connectivity index (χ0) is 35.0. The number of ether oxygens (including phenoxy) is 4. The number of β-amino-alcohol motifs (C(OH)–C–C–N with tert-alkyl or cyclic N) is 1. The lowest BCUT2D eigenvalue weighted by Crippen LogP contribution is -2.60. The molecule has 8 atom stereocenters. The van der Waals surface area contributed by atoms with Crippen LogP contribution in [0.3, 0.4) is 0 Å². The van der Waals surface area contributed by atoms with E-state index in [0.29, 0.717) is 5.57 Å². The molecule has 1 saturated carbocycles. The molecule has 3 heterocycles. The van der Waals surface area contributed by atoms with Crippen LogP contribution in [0, 0.1) is 11.8 Å². The second-order valence-electron chi connectivity index (χ2n) is 11.9. The van der Waals surface area contributed by atoms with Crippen molar-refractivity contribution in [1.82, 2.24) is 10.2 Å². The molecule has 0 aromatic heterocycles. The number of carboxylic acid groups (broad SMARTS) is 1. The number of aliphatic carboxylic acids is 1. The van der Waals surface area contributed by atoms with Gasteiger partial charge in [-0.3, -0.25) is 4.99 Å². The van der Waals surface area contributed by atoms with E-state index in [0.717, 1.165) is 32.1 Å². The van der Waals surface area contributed by atoms with Crippen LogP contribution in [0.15, 0.2) is 64.7 Å². The van der Waals surface area contributed by atoms with Crippen LogP contribution in [0.25, 0.3) is 0 Å². The standard InChI is InChI=1S/C32H46N4O12/c1-3-19-20(10-9-17-13-36(11-12-37)14-21(28(42)43)24(17)35-32(33)34-2)22(29(44)46-18-7-5-4-6-8-18)16-45-30(19)48-31-27(41)26(40)25(39)23(15-38)47-31/h3,9-10,13,16,18-20,23,25-27,30-31,37-41H,1,4-8,11-12,14-15H2,2H3,(H,42,43)(H3,33,34,35). The van der Waals surface area contributed by atoms with Gasteiger partial charge in [0.1, 0.15) is 30.5 Å². The van der Waals surface area contributed by atoms with Gasteiger partial charge in [0.05, 0.1) is 48.8 Å². The van der Waals surface area contributed by atoms with Crippen LogP contribution in [-0.2, 0) is 28.5 Å². The van der Waals surface area contributed by atoms with Crippen LogP contribution in [0.5, 0.6) is 0 Å². The molecule has 16 nitrogen and oxygen atoms in total. The first-order valence-electron chi connectivity index (χ1n) is 15.9. The summed E-state index contributed by atoms with van der Waals surface area (Å²) < 4.78 is 23.1. The number of aliphatic imine (C=N–C) groups is 1. The Hall–Kier alpha value is -3.77. The van der Waals surface area contributed by atoms with Crippen molar-refractivity contribution in [3.63, 3.8) is 0 Å². The zero-order valence-corrected chi connectivity index (χ0v) is 26.8. The van der Waals surface area contributed by atoms with Crippen LogP contribution < -0.4 is 11.1 Å². The van der Waals surface area contributed by atoms with E-state index in [9.17, 15) is 40.2 Å². The molecule has 1 aliphatic carbocycles. The number of rotatable bonds is 12. The summed E-state index contributed by atoms with van der Waals surface area (Å²) in [6.45, 7) is 3.11. The molecule has 266 valence electrons. The molecule has 3 aliphatic heterocycles. The van der Waals surface area contributed by atoms with E-state index in [4.69, 9.17) is 24.7 Å². The monoisotopic (exact) mass is 678 g/mol. The maximum absolute atomic E-state index is 13.6. The van der Waals surface area contributed by atoms with Gasteiger partial charge in [-0.2, -0.15) is 0 Å². The Bertz CT molecular complexity index is 1320. The highest BCUT2D eigenvalue weighted by Gasteiger charge is 2.47. The fourth-order valence-corrected chi connectivity index (χ4v) is 6.07. The molecule has 0 bridgehead atoms. The highest BCUT2D eigenvalue weighted by Crippen LogP contribution is 2.37. The first-order valence-corrected chi connectivity index (χ1v) is 15.9. The lowest BCUT2D eigenvalue weighted by molar-refractivity contribution is -0.338. The van der Waals surface area contributed by atoms with Gasteiger partial charge in [0.15, 0.2) is 12.2 Å². The molecule has 4 rings (SSSR count). The lowest BCUT2D eigenvalue weighted by atomic mass is 9.83. The third-order valence-electron chi connectivity index (χ3n) is 8.76. The van der Waals surface area contributed by atoms with Gasteiger partial charge in [0, 0.05) is 31.3 Å². The van der Waals surface area contributed by atoms with Gasteiger partial charge in [0.25, 0.3) is 0 Å². The first-order chi connectivity index (χ1) is 23.0. The molecule has 48 heavy (non-hydrogen) atoms. The van der Waals surface area contributed by atoms with Crippen LogP contribution in [0.2, 0.25) is 0 Å². The summed E-state index contributed by atoms with van der Waals surface area (Å²) in [5.41, 5.74) is 6.50. The second kappa shape index (κ2) is 17.1. The molecule has 0 aromatic rings. The molecule has 16 heteroatoms. The number of aliphatic hydroxyl groups excluding tert-OH is 5. The number of carbonyl (C=O) groups excluding carboxylic acids is 1. The molecule has 0 spiro atoms. The molecular weight excluding hydrogens is 632 g/mol. The predicted molar refractivity (Wildman–Crippen MR) is 169 cm³/mol. The van der Waals surface area contributed by atoms with Gasteiger partial charge in [-0.25, -0.2) is 9.59 Å². The molecule has 0 aromatic carbocycles. The van der Waals surface area contributed by atoms with E-state index in [2.05, 4.69) is 16.9 Å². The minimum absolute atomic E-state index is 0.0347. The summed E-state index contributed by atoms with van der Waals surface area (Å²) in [6, 6.07) is 0. The third-order valence-corrected chi connectivity index (χ3v) is 8.76. The minimum Gasteiger partial charge on any atom is -0.478 e. The molecule has 8 unspecified atom stereocenters. The summed E-state index contributed by atoms with van der Waals surface area (Å²) in [5, 5.41) is 63.1. The molecule has 0 radical (unpaired) electrons. The second-order valence-corrected chi connectivity index (χ2v) is 11.9. The van der Waals surface area contributed by atoms with Crippen molar-refractivity contribution < 1.29 is 59.2 Å². The summed E-state index contributed by atoms with van der Waals surface area (Å²) >= 11 is 0. The normalized spacial score (nSPS) is 32.0. The number of guanidine groups is 1. The van der Waals surface area contributed by atoms with E-state index in [1.54, 1.807) is 23.3 Å². The van der Waals surface area contributed by atoms with Crippen molar-refractivity contribution in [2.24, 2.45) is 22.6 Å². The van der Waals surface area contributed by atoms with E-state index in [1.165, 1.54) is 19.4 Å². The lowest BCUT2D eigenvalue weighted by Gasteiger charge is -2.42. The summed E-state index contributed by atoms with van der Waals surface area (Å²) in [7, 11) is 1.44. The Labute approximate surface area is 278 Å². The quantitative estimate of drug-likeness (QED) is 0.0532. The first kappa shape index (κ1) is 37.1. The Morgan fingerprint density at radius 3 is 2.50 bits per heavy atom. The number of nitrogens with two attached hydrogens (primary N) is 1. The summed E-state index contributed by atoms with van der Waals surface area (Å²) in [4.78, 5) is 31.4. The van der Waals surface area contributed by atoms with Crippen LogP contribution in [-0.4, -0.2) is 130 Å². The molecule has 0 amide bonds. The van der Waals surface area contributed by atoms with E-state index in [1.807, 2.05) is 0 Å². The highest BCUT2D eigenvalue weighted by molar-refractivity contribution is 5.92. The van der Waals surface area contributed by atoms with Crippen molar-refractivity contribution >= 4 is 17.9 Å². The van der Waals surface area contributed by atoms with Crippen LogP contribution >= 0.6 is 0 Å². The van der Waals surface area contributed by atoms with Crippen LogP contribution in [0.4, 0.5) is 0 Å². The SMILES string of the molecule is C=CC1C(OC2OC(CO)C(O)C(O)C2O)OC=C(C(=O)OC2CCCCC2)C1C=CC1=CN(CCO)CC(C(=O)O)=C1NC(N)=NC. The predicted octanol–water partition coefficient (Wildman–Crippen LogP) is -1.04. The Kier molecular flexibility index (Phi) is 13.2. The number of nitrogens with zero attached hydrogens (tertiary/aromatic N) is 2. The van der Waals surface area contributed by atoms with E-state index in [-0.39, 0.29) is 48.6 Å². The Morgan fingerprint density at radius 2 is 1.88 bits per heavy atom. The smallest absolute Gasteiger partial charge is 0.338 e. The molecule has 4 aliphatic rings. The number of hydrogen-bond donors (Lipinski definition) is 8. The third kappa shape index (κ3) is 8.63. The number of allylic oxidation sites excluding steroid dienone is 2. The number of carboxylic acids is 1. The highest BCUT2D eigenvalue weighted by atomic mass is 16.8. The average Bonchev–Trinajstić information content (AvgIpc) is 3.08. The number of aliphatic hydroxyl groups is 5. The van der Waals surface area contributed by atoms with Gasteiger partial charge in [-0.1, -0.05) is 24.6 Å². The molecule has 1 saturated heterocycles. The zero-order valence-electron chi connectivity index (χ0n) is 26.8. The summed E-state index contributed by atoms with van der Waals surface area (Å²) in [6.07, 6.45) is 2.55. The summed E-state index contributed by atoms with van der Waals surface area (Å²) in [5.74, 6) is -3.58. The molecular formula is C32H46N4O12. The van der Waals surface area contributed by atoms with E-state index >= 15 is 0 Å². The van der Waals surface area contributed by atoms with Crippen LogP contribution in [0.1, 0.15) is 32.1 Å². The van der Waals surface area contributed by atoms with Crippen molar-refractivity contribution in [3.8, 4) is 0 Å². The average molecular weight is 679 g/mol. The van der Waals surface area contributed by atoms with Gasteiger partial charge in [-0.15, -0.1) is 6.58 Å². The fourth-order valence-electron chi connectivity index (χ4n) is 6.07. The number of carbonyl (C=O) groups is 2. The largest absolute Gasteiger partial charge is 0.478 e. The fraction of sp³-hybridized carbons (Fsp3) is 0.594. The van der Waals surface area contributed by atoms with Crippen molar-refractivity contribution in [3.05, 3.63) is 59.7 Å². The van der Waals surface area contributed by atoms with Crippen molar-refractivity contribution in [1.29, 1.82) is 0 Å². The number of hydrogen-bond acceptors (Lipinski definition) is 13. The van der Waals surface area contributed by atoms with Gasteiger partial charge >= 0.3 is 11.9 Å². The van der Waals surface area contributed by atoms with Crippen molar-refractivity contribution in [2.45, 2.75) is 75.2 Å². The van der Waals surface area contributed by atoms with E-state index < -0.39 is 67.4 Å². The Balaban J connectivity index is 1.71. The van der Waals surface area contributed by atoms with Crippen molar-refractivity contribution in [2.75, 3.05) is 33.4 Å². The molecule has 2 fully saturated rings. The minimum atomic E-state index is -1.71. The number of nitrogens with one attached hydrogen (secondary N) is 1. The molecule has 9 N–H and O–H groups in total. The maximum Gasteiger partial charge on any atom is 0.338 e. The van der Waals surface area contributed by atoms with Gasteiger partial charge in [0.2, 0.25) is 6.29 Å². The topological polar surface area (TPSA) is 246 Å². The maximum atomic E-state index is 13.6. The number of esters is 1. The Morgan fingerprint density at radius 1 is 1.15 bits per heavy atom. The van der Waals surface area contributed by atoms with Gasteiger partial charge < -0.3 is 65.5 Å².